The van der Waals surface area contributed by atoms with E-state index < -0.39 is 18.0 Å². The Morgan fingerprint density at radius 3 is 1.47 bits per heavy atom. The third-order valence-corrected chi connectivity index (χ3v) is 11.6. The van der Waals surface area contributed by atoms with Crippen molar-refractivity contribution in [3.63, 3.8) is 0 Å². The summed E-state index contributed by atoms with van der Waals surface area (Å²) < 4.78 is 20.0. The highest BCUT2D eigenvalue weighted by atomic mass is 16.6. The molecule has 2 saturated heterocycles. The quantitative estimate of drug-likeness (QED) is 0.238. The number of esters is 5. The van der Waals surface area contributed by atoms with Gasteiger partial charge in [-0.25, -0.2) is 4.79 Å². The van der Waals surface area contributed by atoms with E-state index in [0.29, 0.717) is 42.6 Å². The van der Waals surface area contributed by atoms with E-state index in [0.717, 1.165) is 37.0 Å². The fraction of sp³-hybridized carbons (Fsp3) is 0.853. The SMILES string of the molecule is CC1C(=O)OC(=O)C1C.CC1C2CC(C(=O)OC(C)(C)C)C(C2)C1C.CC1C2CC(C(=O)OC3CCOC3=O)C(C2)C1C. The van der Waals surface area contributed by atoms with Gasteiger partial charge in [0.2, 0.25) is 6.10 Å². The number of carbonyl (C=O) groups is 5. The van der Waals surface area contributed by atoms with Crippen LogP contribution in [0.1, 0.15) is 94.4 Å². The van der Waals surface area contributed by atoms with Gasteiger partial charge in [0.15, 0.2) is 0 Å². The number of rotatable bonds is 3. The van der Waals surface area contributed by atoms with E-state index >= 15 is 0 Å². The van der Waals surface area contributed by atoms with Crippen molar-refractivity contribution in [3.05, 3.63) is 0 Å². The average molecular weight is 605 g/mol. The Bertz CT molecular complexity index is 1070. The molecule has 43 heavy (non-hydrogen) atoms. The van der Waals surface area contributed by atoms with Crippen LogP contribution >= 0.6 is 0 Å². The summed E-state index contributed by atoms with van der Waals surface area (Å²) in [6.07, 6.45) is 4.26. The van der Waals surface area contributed by atoms with E-state index in [4.69, 9.17) is 14.2 Å². The Labute approximate surface area is 256 Å². The van der Waals surface area contributed by atoms with Crippen molar-refractivity contribution in [3.8, 4) is 0 Å². The first-order valence-corrected chi connectivity index (χ1v) is 16.4. The van der Waals surface area contributed by atoms with Crippen LogP contribution in [0.25, 0.3) is 0 Å². The minimum Gasteiger partial charge on any atom is -0.463 e. The smallest absolute Gasteiger partial charge is 0.347 e. The molecule has 6 aliphatic rings. The van der Waals surface area contributed by atoms with E-state index in [1.54, 1.807) is 13.8 Å². The second-order valence-corrected chi connectivity index (χ2v) is 15.2. The van der Waals surface area contributed by atoms with Crippen molar-refractivity contribution in [2.75, 3.05) is 6.61 Å². The number of hydrogen-bond donors (Lipinski definition) is 0. The number of cyclic esters (lactones) is 3. The zero-order valence-corrected chi connectivity index (χ0v) is 27.4. The molecule has 0 aromatic carbocycles. The van der Waals surface area contributed by atoms with Gasteiger partial charge in [-0.15, -0.1) is 0 Å². The summed E-state index contributed by atoms with van der Waals surface area (Å²) in [5.74, 6) is 3.63. The molecule has 6 fully saturated rings. The minimum atomic E-state index is -0.649. The molecule has 4 saturated carbocycles. The number of ether oxygens (including phenoxy) is 4. The average Bonchev–Trinajstić information content (AvgIpc) is 3.77. The van der Waals surface area contributed by atoms with Crippen LogP contribution in [0.15, 0.2) is 0 Å². The molecule has 242 valence electrons. The lowest BCUT2D eigenvalue weighted by atomic mass is 9.76. The minimum absolute atomic E-state index is 0.00889. The van der Waals surface area contributed by atoms with Gasteiger partial charge in [0.25, 0.3) is 0 Å². The summed E-state index contributed by atoms with van der Waals surface area (Å²) in [4.78, 5) is 56.6. The van der Waals surface area contributed by atoms with Crippen LogP contribution in [0, 0.1) is 71.0 Å². The van der Waals surface area contributed by atoms with E-state index in [9.17, 15) is 24.0 Å². The first-order valence-electron chi connectivity index (χ1n) is 16.4. The molecule has 9 heteroatoms. The van der Waals surface area contributed by atoms with Gasteiger partial charge >= 0.3 is 29.8 Å². The van der Waals surface area contributed by atoms with Gasteiger partial charge in [0.1, 0.15) is 5.60 Å². The maximum absolute atomic E-state index is 12.2. The summed E-state index contributed by atoms with van der Waals surface area (Å²) in [6, 6.07) is 0. The molecule has 13 atom stereocenters. The van der Waals surface area contributed by atoms with Gasteiger partial charge in [-0.05, 0) is 93.8 Å². The van der Waals surface area contributed by atoms with Crippen molar-refractivity contribution in [1.82, 2.24) is 0 Å². The van der Waals surface area contributed by atoms with E-state index in [2.05, 4.69) is 32.4 Å². The highest BCUT2D eigenvalue weighted by Gasteiger charge is 2.53. The Kier molecular flexibility index (Phi) is 10.0. The normalized spacial score (nSPS) is 42.4. The van der Waals surface area contributed by atoms with Gasteiger partial charge in [0.05, 0.1) is 30.3 Å². The molecule has 2 heterocycles. The van der Waals surface area contributed by atoms with Gasteiger partial charge in [-0.2, -0.15) is 0 Å². The molecule has 4 bridgehead atoms. The van der Waals surface area contributed by atoms with Crippen LogP contribution in [0.5, 0.6) is 0 Å². The Morgan fingerprint density at radius 2 is 1.14 bits per heavy atom. The third-order valence-electron chi connectivity index (χ3n) is 11.6. The fourth-order valence-electron chi connectivity index (χ4n) is 8.31. The predicted molar refractivity (Wildman–Crippen MR) is 157 cm³/mol. The van der Waals surface area contributed by atoms with Gasteiger partial charge < -0.3 is 18.9 Å². The van der Waals surface area contributed by atoms with Crippen LogP contribution in [0.4, 0.5) is 0 Å². The lowest BCUT2D eigenvalue weighted by Gasteiger charge is -2.32. The molecule has 9 nitrogen and oxygen atoms in total. The molecule has 6 rings (SSSR count). The van der Waals surface area contributed by atoms with Crippen molar-refractivity contribution < 1.29 is 42.9 Å². The zero-order chi connectivity index (χ0) is 32.0. The summed E-state index contributed by atoms with van der Waals surface area (Å²) in [6.45, 7) is 18.8. The lowest BCUT2D eigenvalue weighted by molar-refractivity contribution is -0.165. The lowest BCUT2D eigenvalue weighted by Crippen LogP contribution is -2.35. The van der Waals surface area contributed by atoms with Gasteiger partial charge in [-0.3, -0.25) is 19.2 Å². The molecule has 0 aromatic rings. The Balaban J connectivity index is 0.000000156. The van der Waals surface area contributed by atoms with E-state index in [1.807, 2.05) is 20.8 Å². The Morgan fingerprint density at radius 1 is 0.674 bits per heavy atom. The standard InChI is InChI=1S/C14H20O4.C14H24O2.C6H8O3/c1-7-8(2)10-5-9(7)6-11(10)13(15)18-12-3-4-17-14(12)16;1-8-9(2)11-6-10(8)7-12(11)13(15)16-14(3,4)5;1-3-4(2)6(8)9-5(3)7/h7-12H,3-6H2,1-2H3;8-12H,6-7H2,1-5H3;3-4H,1-2H3. The molecule has 13 unspecified atom stereocenters. The van der Waals surface area contributed by atoms with Crippen molar-refractivity contribution in [1.29, 1.82) is 0 Å². The van der Waals surface area contributed by atoms with E-state index in [-0.39, 0.29) is 47.2 Å². The fourth-order valence-corrected chi connectivity index (χ4v) is 8.31. The molecule has 4 aliphatic carbocycles. The highest BCUT2D eigenvalue weighted by molar-refractivity contribution is 5.95. The molecular weight excluding hydrogens is 552 g/mol. The number of fused-ring (bicyclic) bond motifs is 4. The first kappa shape index (κ1) is 33.4. The largest absolute Gasteiger partial charge is 0.463 e. The van der Waals surface area contributed by atoms with Crippen LogP contribution in [0.3, 0.4) is 0 Å². The molecule has 0 aromatic heterocycles. The molecule has 0 N–H and O–H groups in total. The second kappa shape index (κ2) is 12.9. The molecule has 2 aliphatic heterocycles. The molecular formula is C34H52O9. The van der Waals surface area contributed by atoms with Crippen LogP contribution in [-0.4, -0.2) is 48.2 Å². The third kappa shape index (κ3) is 7.11. The summed E-state index contributed by atoms with van der Waals surface area (Å²) in [5.41, 5.74) is -0.340. The van der Waals surface area contributed by atoms with Crippen LogP contribution in [0.2, 0.25) is 0 Å². The topological polar surface area (TPSA) is 122 Å². The summed E-state index contributed by atoms with van der Waals surface area (Å²) in [7, 11) is 0. The van der Waals surface area contributed by atoms with Crippen LogP contribution in [-0.2, 0) is 42.9 Å². The van der Waals surface area contributed by atoms with Gasteiger partial charge in [0, 0.05) is 6.42 Å². The Hall–Kier alpha value is -2.45. The predicted octanol–water partition coefficient (Wildman–Crippen LogP) is 5.37. The number of carbonyl (C=O) groups excluding carboxylic acids is 5. The van der Waals surface area contributed by atoms with Crippen molar-refractivity contribution in [2.24, 2.45) is 71.0 Å². The van der Waals surface area contributed by atoms with E-state index in [1.165, 1.54) is 6.42 Å². The molecule has 0 amide bonds. The highest BCUT2D eigenvalue weighted by Crippen LogP contribution is 2.56. The van der Waals surface area contributed by atoms with Gasteiger partial charge in [-0.1, -0.05) is 41.5 Å². The summed E-state index contributed by atoms with van der Waals surface area (Å²) >= 11 is 0. The number of hydrogen-bond acceptors (Lipinski definition) is 9. The van der Waals surface area contributed by atoms with Crippen molar-refractivity contribution in [2.45, 2.75) is 106 Å². The summed E-state index contributed by atoms with van der Waals surface area (Å²) in [5, 5.41) is 0. The van der Waals surface area contributed by atoms with Crippen LogP contribution < -0.4 is 0 Å². The molecule has 0 radical (unpaired) electrons. The second-order valence-electron chi connectivity index (χ2n) is 15.2. The van der Waals surface area contributed by atoms with Crippen molar-refractivity contribution >= 4 is 29.8 Å². The maximum Gasteiger partial charge on any atom is 0.347 e. The maximum atomic E-state index is 12.2. The zero-order valence-electron chi connectivity index (χ0n) is 27.4. The monoisotopic (exact) mass is 604 g/mol. The molecule has 0 spiro atoms. The first-order chi connectivity index (χ1) is 20.0.